The Hall–Kier alpha value is -3.48. The number of nitrogens with zero attached hydrogens (tertiary/aromatic N) is 2. The van der Waals surface area contributed by atoms with Gasteiger partial charge < -0.3 is 22.9 Å². The molecule has 0 bridgehead atoms. The molecule has 0 amide bonds. The lowest BCUT2D eigenvalue weighted by atomic mass is 10.0. The second-order valence-electron chi connectivity index (χ2n) is 7.97. The van der Waals surface area contributed by atoms with Crippen LogP contribution in [0.3, 0.4) is 0 Å². The number of carboxylic acid groups (broad SMARTS) is 1. The van der Waals surface area contributed by atoms with Crippen LogP contribution in [0.5, 0.6) is 5.75 Å². The Labute approximate surface area is 203 Å². The Morgan fingerprint density at radius 1 is 1.14 bits per heavy atom. The molecule has 0 aliphatic heterocycles. The van der Waals surface area contributed by atoms with Crippen LogP contribution in [0.25, 0.3) is 22.0 Å². The average molecular weight is 519 g/mol. The van der Waals surface area contributed by atoms with E-state index in [2.05, 4.69) is 5.16 Å². The highest BCUT2D eigenvalue weighted by Gasteiger charge is 2.29. The predicted molar refractivity (Wildman–Crippen MR) is 128 cm³/mol. The minimum absolute atomic E-state index is 0.0119. The first-order valence-corrected chi connectivity index (χ1v) is 13.0. The maximum absolute atomic E-state index is 13.4. The first-order valence-electron chi connectivity index (χ1n) is 10.4. The summed E-state index contributed by atoms with van der Waals surface area (Å²) in [5, 5.41) is 13.7. The quantitative estimate of drug-likeness (QED) is 0.262. The van der Waals surface area contributed by atoms with Crippen molar-refractivity contribution in [3.63, 3.8) is 0 Å². The first kappa shape index (κ1) is 24.6. The molecule has 10 nitrogen and oxygen atoms in total. The van der Waals surface area contributed by atoms with Gasteiger partial charge in [-0.1, -0.05) is 23.4 Å². The van der Waals surface area contributed by atoms with E-state index in [1.807, 2.05) is 0 Å². The number of rotatable bonds is 8. The van der Waals surface area contributed by atoms with Gasteiger partial charge in [0, 0.05) is 16.6 Å². The lowest BCUT2D eigenvalue weighted by molar-refractivity contribution is -0.137. The molecule has 4 rings (SSSR count). The van der Waals surface area contributed by atoms with Crippen molar-refractivity contribution < 1.29 is 35.8 Å². The first-order chi connectivity index (χ1) is 16.5. The van der Waals surface area contributed by atoms with Gasteiger partial charge in [-0.15, -0.1) is 0 Å². The smallest absolute Gasteiger partial charge is 0.341 e. The summed E-state index contributed by atoms with van der Waals surface area (Å²) in [5.74, 6) is -0.647. The third-order valence-electron chi connectivity index (χ3n) is 5.55. The summed E-state index contributed by atoms with van der Waals surface area (Å²) in [6.45, 7) is 4.61. The second-order valence-corrected chi connectivity index (χ2v) is 10.4. The fraction of sp³-hybridized carbons (Fsp3) is 0.217. The number of benzene rings is 2. The van der Waals surface area contributed by atoms with Crippen LogP contribution in [-0.2, 0) is 38.3 Å². The summed E-state index contributed by atoms with van der Waals surface area (Å²) in [7, 11) is -4.39. The third-order valence-corrected chi connectivity index (χ3v) is 7.56. The van der Waals surface area contributed by atoms with Crippen molar-refractivity contribution in [1.29, 1.82) is 0 Å². The van der Waals surface area contributed by atoms with E-state index >= 15 is 0 Å². The van der Waals surface area contributed by atoms with Gasteiger partial charge in [0.25, 0.3) is 0 Å². The molecule has 0 spiro atoms. The lowest BCUT2D eigenvalue weighted by Crippen LogP contribution is -2.13. The molecule has 184 valence electrons. The van der Waals surface area contributed by atoms with Crippen molar-refractivity contribution in [1.82, 2.24) is 9.72 Å². The molecule has 0 radical (unpaired) electrons. The molecule has 0 aliphatic carbocycles. The van der Waals surface area contributed by atoms with Crippen molar-refractivity contribution in [2.75, 3.05) is 0 Å². The number of hydrogen-bond acceptors (Lipinski definition) is 7. The van der Waals surface area contributed by atoms with Crippen molar-refractivity contribution in [3.8, 4) is 16.9 Å². The number of aryl methyl sites for hydroxylation is 2. The Kier molecular flexibility index (Phi) is 6.54. The molecule has 2 aromatic heterocycles. The average Bonchev–Trinajstić information content (AvgIpc) is 3.24. The van der Waals surface area contributed by atoms with Gasteiger partial charge in [-0.3, -0.25) is 4.79 Å². The van der Waals surface area contributed by atoms with Crippen molar-refractivity contribution >= 4 is 38.1 Å². The minimum atomic E-state index is -4.39. The van der Waals surface area contributed by atoms with Gasteiger partial charge in [-0.25, -0.2) is 4.21 Å². The van der Waals surface area contributed by atoms with E-state index in [1.165, 1.54) is 35.8 Å². The van der Waals surface area contributed by atoms with Gasteiger partial charge in [0.1, 0.15) is 22.9 Å². The number of fused-ring (bicyclic) bond motifs is 1. The van der Waals surface area contributed by atoms with E-state index < -0.39 is 33.7 Å². The summed E-state index contributed by atoms with van der Waals surface area (Å²) >= 11 is -2.03. The molecule has 0 saturated carbocycles. The van der Waals surface area contributed by atoms with Crippen molar-refractivity contribution in [2.24, 2.45) is 0 Å². The third kappa shape index (κ3) is 4.85. The number of carbonyl (C=O) groups is 1. The normalized spacial score (nSPS) is 12.7. The second kappa shape index (κ2) is 9.29. The summed E-state index contributed by atoms with van der Waals surface area (Å²) < 4.78 is 58.9. The Morgan fingerprint density at radius 3 is 2.40 bits per heavy atom. The molecule has 1 unspecified atom stereocenters. The van der Waals surface area contributed by atoms with Crippen LogP contribution in [0.15, 0.2) is 51.9 Å². The molecule has 0 aliphatic rings. The molecule has 0 saturated heterocycles. The zero-order valence-corrected chi connectivity index (χ0v) is 20.6. The Morgan fingerprint density at radius 2 is 1.83 bits per heavy atom. The van der Waals surface area contributed by atoms with Crippen LogP contribution in [0.2, 0.25) is 0 Å². The van der Waals surface area contributed by atoms with Gasteiger partial charge in [0.15, 0.2) is 11.1 Å². The molecule has 4 aromatic rings. The molecular formula is C23H22N2O8S2. The fourth-order valence-corrected chi connectivity index (χ4v) is 5.94. The Bertz CT molecular complexity index is 1550. The van der Waals surface area contributed by atoms with Crippen molar-refractivity contribution in [3.05, 3.63) is 65.2 Å². The van der Waals surface area contributed by atoms with Crippen LogP contribution in [-0.4, -0.2) is 38.0 Å². The lowest BCUT2D eigenvalue weighted by Gasteiger charge is -2.09. The number of hydrogen-bond donors (Lipinski definition) is 2. The molecular weight excluding hydrogens is 496 g/mol. The number of carboxylic acids is 1. The highest BCUT2D eigenvalue weighted by Crippen LogP contribution is 2.36. The summed E-state index contributed by atoms with van der Waals surface area (Å²) in [5.41, 5.74) is 3.19. The minimum Gasteiger partial charge on any atom is -0.480 e. The van der Waals surface area contributed by atoms with Gasteiger partial charge in [0.2, 0.25) is 0 Å². The summed E-state index contributed by atoms with van der Waals surface area (Å²) in [6.07, 6.45) is 0. The number of aromatic nitrogens is 2. The maximum atomic E-state index is 13.4. The molecule has 12 heteroatoms. The molecule has 0 fully saturated rings. The van der Waals surface area contributed by atoms with Gasteiger partial charge in [-0.2, -0.15) is 8.42 Å². The van der Waals surface area contributed by atoms with Gasteiger partial charge in [-0.05, 0) is 56.2 Å². The zero-order valence-electron chi connectivity index (χ0n) is 19.0. The molecule has 1 atom stereocenters. The van der Waals surface area contributed by atoms with Crippen LogP contribution in [0, 0.1) is 20.8 Å². The van der Waals surface area contributed by atoms with E-state index in [9.17, 15) is 22.5 Å². The van der Waals surface area contributed by atoms with Crippen LogP contribution < -0.4 is 4.18 Å². The highest BCUT2D eigenvalue weighted by atomic mass is 32.2. The van der Waals surface area contributed by atoms with E-state index in [1.54, 1.807) is 32.0 Å². The number of aliphatic carboxylic acids is 1. The topological polar surface area (TPSA) is 149 Å². The largest absolute Gasteiger partial charge is 0.480 e. The van der Waals surface area contributed by atoms with Crippen LogP contribution >= 0.6 is 0 Å². The maximum Gasteiger partial charge on any atom is 0.341 e. The summed E-state index contributed by atoms with van der Waals surface area (Å²) in [6, 6.07) is 10.8. The monoisotopic (exact) mass is 518 g/mol. The summed E-state index contributed by atoms with van der Waals surface area (Å²) in [4.78, 5) is 11.4. The SMILES string of the molecule is Cc1noc(C)c1-c1ccc2c(c1)c(S(=O)(=O)Oc1ccc(CS(=O)O)cc1)c(C)n2CC(=O)O. The fourth-order valence-electron chi connectivity index (χ4n) is 4.11. The standard InChI is InChI=1S/C23H22N2O8S2/c1-13-22(15(3)32-24-13)17-6-9-20-19(10-17)23(14(2)25(20)11-21(26)27)35(30,31)33-18-7-4-16(5-8-18)12-34(28)29/h4-10H,11-12H2,1-3H3,(H,26,27)(H,28,29). The molecule has 2 aromatic carbocycles. The molecule has 2 N–H and O–H groups in total. The molecule has 35 heavy (non-hydrogen) atoms. The van der Waals surface area contributed by atoms with Gasteiger partial charge in [0.05, 0.1) is 17.0 Å². The van der Waals surface area contributed by atoms with Crippen molar-refractivity contribution in [2.45, 2.75) is 38.0 Å². The van der Waals surface area contributed by atoms with Gasteiger partial charge >= 0.3 is 16.1 Å². The van der Waals surface area contributed by atoms with E-state index in [-0.39, 0.29) is 22.1 Å². The Balaban J connectivity index is 1.85. The zero-order chi connectivity index (χ0) is 25.5. The predicted octanol–water partition coefficient (Wildman–Crippen LogP) is 3.80. The van der Waals surface area contributed by atoms with Crippen LogP contribution in [0.1, 0.15) is 22.7 Å². The van der Waals surface area contributed by atoms with E-state index in [0.717, 1.165) is 5.56 Å². The molecule has 2 heterocycles. The van der Waals surface area contributed by atoms with Crippen LogP contribution in [0.4, 0.5) is 0 Å². The highest BCUT2D eigenvalue weighted by molar-refractivity contribution is 7.87. The van der Waals surface area contributed by atoms with E-state index in [0.29, 0.717) is 33.5 Å². The van der Waals surface area contributed by atoms with E-state index in [4.69, 9.17) is 13.3 Å².